The monoisotopic (exact) mass is 376 g/mol. The number of urea groups is 1. The number of hydrogen-bond donors (Lipinski definition) is 2. The molecular weight excluding hydrogens is 352 g/mol. The first-order chi connectivity index (χ1) is 12.9. The molecule has 2 aromatic rings. The van der Waals surface area contributed by atoms with E-state index in [1.54, 1.807) is 18.2 Å². The normalized spacial score (nSPS) is 10.8. The molecule has 0 fully saturated rings. The third-order valence-electron chi connectivity index (χ3n) is 3.77. The molecule has 0 aliphatic carbocycles. The van der Waals surface area contributed by atoms with E-state index in [0.29, 0.717) is 23.6 Å². The third-order valence-corrected chi connectivity index (χ3v) is 3.77. The summed E-state index contributed by atoms with van der Waals surface area (Å²) in [5.74, 6) is -1.11. The number of nitrogens with one attached hydrogen (secondary N) is 2. The number of furan rings is 1. The second kappa shape index (κ2) is 9.72. The van der Waals surface area contributed by atoms with Crippen molar-refractivity contribution in [1.82, 2.24) is 10.6 Å². The Bertz CT molecular complexity index is 812. The molecule has 3 amide bonds. The summed E-state index contributed by atoms with van der Waals surface area (Å²) in [5.41, 5.74) is 1.07. The van der Waals surface area contributed by atoms with E-state index < -0.39 is 24.5 Å². The van der Waals surface area contributed by atoms with Crippen LogP contribution in [0.2, 0.25) is 0 Å². The number of esters is 1. The van der Waals surface area contributed by atoms with Gasteiger partial charge in [-0.05, 0) is 18.4 Å². The molecule has 0 aliphatic heterocycles. The highest BCUT2D eigenvalue weighted by Crippen LogP contribution is 2.27. The molecule has 8 heteroatoms. The lowest BCUT2D eigenvalue weighted by molar-refractivity contribution is -0.123. The maximum atomic E-state index is 12.3. The first kappa shape index (κ1) is 20.4. The van der Waals surface area contributed by atoms with E-state index >= 15 is 0 Å². The summed E-state index contributed by atoms with van der Waals surface area (Å²) in [6.45, 7) is 4.07. The van der Waals surface area contributed by atoms with Gasteiger partial charge in [0, 0.05) is 24.6 Å². The average Bonchev–Trinajstić information content (AvgIpc) is 2.98. The van der Waals surface area contributed by atoms with Gasteiger partial charge in [-0.2, -0.15) is 0 Å². The van der Waals surface area contributed by atoms with Gasteiger partial charge in [-0.25, -0.2) is 9.59 Å². The molecule has 27 heavy (non-hydrogen) atoms. The molecule has 1 aromatic carbocycles. The van der Waals surface area contributed by atoms with Gasteiger partial charge < -0.3 is 19.2 Å². The van der Waals surface area contributed by atoms with E-state index in [1.165, 1.54) is 7.11 Å². The molecular formula is C19H24N2O6. The zero-order chi connectivity index (χ0) is 19.8. The average molecular weight is 376 g/mol. The predicted molar refractivity (Wildman–Crippen MR) is 98.2 cm³/mol. The second-order valence-electron chi connectivity index (χ2n) is 6.40. The Hall–Kier alpha value is -2.87. The van der Waals surface area contributed by atoms with Crippen LogP contribution in [0.5, 0.6) is 0 Å². The summed E-state index contributed by atoms with van der Waals surface area (Å²) >= 11 is 0. The van der Waals surface area contributed by atoms with E-state index in [2.05, 4.69) is 10.6 Å². The van der Waals surface area contributed by atoms with Crippen LogP contribution in [-0.2, 0) is 20.9 Å². The highest BCUT2D eigenvalue weighted by Gasteiger charge is 2.22. The molecule has 2 rings (SSSR count). The largest absolute Gasteiger partial charge is 0.450 e. The minimum absolute atomic E-state index is 0.0211. The van der Waals surface area contributed by atoms with Crippen LogP contribution < -0.4 is 10.6 Å². The Balaban J connectivity index is 1.92. The molecule has 0 saturated heterocycles. The molecule has 0 unspecified atom stereocenters. The quantitative estimate of drug-likeness (QED) is 0.686. The number of rotatable bonds is 8. The van der Waals surface area contributed by atoms with Crippen molar-refractivity contribution < 1.29 is 28.3 Å². The minimum atomic E-state index is -0.798. The van der Waals surface area contributed by atoms with E-state index in [0.717, 1.165) is 11.8 Å². The molecule has 146 valence electrons. The lowest BCUT2D eigenvalue weighted by Crippen LogP contribution is -2.42. The maximum Gasteiger partial charge on any atom is 0.375 e. The van der Waals surface area contributed by atoms with Crippen LogP contribution in [0.15, 0.2) is 28.7 Å². The molecule has 1 aromatic heterocycles. The van der Waals surface area contributed by atoms with E-state index in [4.69, 9.17) is 13.9 Å². The van der Waals surface area contributed by atoms with Crippen LogP contribution in [0.1, 0.15) is 36.4 Å². The standard InChI is InChI=1S/C19H24N2O6/c1-12(2)8-9-20-19(24)21-16(22)11-26-18(23)17-14(10-25-3)13-6-4-5-7-15(13)27-17/h4-7,12H,8-11H2,1-3H3,(H2,20,21,22,24). The van der Waals surface area contributed by atoms with Gasteiger partial charge in [0.2, 0.25) is 5.76 Å². The summed E-state index contributed by atoms with van der Waals surface area (Å²) in [4.78, 5) is 35.6. The van der Waals surface area contributed by atoms with Gasteiger partial charge in [0.25, 0.3) is 5.91 Å². The maximum absolute atomic E-state index is 12.3. The number of amides is 3. The van der Waals surface area contributed by atoms with Crippen LogP contribution in [-0.4, -0.2) is 38.2 Å². The summed E-state index contributed by atoms with van der Waals surface area (Å²) in [5, 5.41) is 5.40. The topological polar surface area (TPSA) is 107 Å². The van der Waals surface area contributed by atoms with Crippen molar-refractivity contribution in [3.8, 4) is 0 Å². The summed E-state index contributed by atoms with van der Waals surface area (Å²) in [7, 11) is 1.50. The van der Waals surface area contributed by atoms with Crippen molar-refractivity contribution in [2.75, 3.05) is 20.3 Å². The Kier molecular flexibility index (Phi) is 7.36. The minimum Gasteiger partial charge on any atom is -0.450 e. The van der Waals surface area contributed by atoms with Gasteiger partial charge in [-0.1, -0.05) is 32.0 Å². The van der Waals surface area contributed by atoms with Gasteiger partial charge in [0.05, 0.1) is 6.61 Å². The first-order valence-corrected chi connectivity index (χ1v) is 8.66. The molecule has 0 spiro atoms. The van der Waals surface area contributed by atoms with Crippen molar-refractivity contribution in [1.29, 1.82) is 0 Å². The fourth-order valence-electron chi connectivity index (χ4n) is 2.43. The number of carbonyl (C=O) groups is 3. The number of fused-ring (bicyclic) bond motifs is 1. The number of imide groups is 1. The van der Waals surface area contributed by atoms with Crippen molar-refractivity contribution in [3.63, 3.8) is 0 Å². The molecule has 0 radical (unpaired) electrons. The second-order valence-corrected chi connectivity index (χ2v) is 6.40. The Morgan fingerprint density at radius 2 is 1.93 bits per heavy atom. The molecule has 0 bridgehead atoms. The van der Waals surface area contributed by atoms with E-state index in [1.807, 2.05) is 19.9 Å². The molecule has 1 heterocycles. The molecule has 0 aliphatic rings. The summed E-state index contributed by atoms with van der Waals surface area (Å²) < 4.78 is 15.6. The fourth-order valence-corrected chi connectivity index (χ4v) is 2.43. The van der Waals surface area contributed by atoms with E-state index in [9.17, 15) is 14.4 Å². The van der Waals surface area contributed by atoms with Crippen molar-refractivity contribution >= 4 is 28.9 Å². The highest BCUT2D eigenvalue weighted by molar-refractivity contribution is 5.98. The highest BCUT2D eigenvalue weighted by atomic mass is 16.5. The number of ether oxygens (including phenoxy) is 2. The summed E-state index contributed by atoms with van der Waals surface area (Å²) in [6.07, 6.45) is 0.797. The van der Waals surface area contributed by atoms with Crippen LogP contribution in [0, 0.1) is 5.92 Å². The molecule has 0 atom stereocenters. The lowest BCUT2D eigenvalue weighted by atomic mass is 10.1. The van der Waals surface area contributed by atoms with Gasteiger partial charge in [0.1, 0.15) is 5.58 Å². The van der Waals surface area contributed by atoms with E-state index in [-0.39, 0.29) is 12.4 Å². The van der Waals surface area contributed by atoms with Crippen molar-refractivity contribution in [2.24, 2.45) is 5.92 Å². The summed E-state index contributed by atoms with van der Waals surface area (Å²) in [6, 6.07) is 6.50. The predicted octanol–water partition coefficient (Wildman–Crippen LogP) is 2.61. The van der Waals surface area contributed by atoms with Gasteiger partial charge in [-0.3, -0.25) is 10.1 Å². The number of para-hydroxylation sites is 1. The Morgan fingerprint density at radius 3 is 2.63 bits per heavy atom. The van der Waals surface area contributed by atoms with Gasteiger partial charge in [0.15, 0.2) is 6.61 Å². The Labute approximate surface area is 157 Å². The molecule has 8 nitrogen and oxygen atoms in total. The van der Waals surface area contributed by atoms with Crippen LogP contribution in [0.4, 0.5) is 4.79 Å². The van der Waals surface area contributed by atoms with Crippen molar-refractivity contribution in [2.45, 2.75) is 26.9 Å². The SMILES string of the molecule is COCc1c(C(=O)OCC(=O)NC(=O)NCCC(C)C)oc2ccccc12. The van der Waals surface area contributed by atoms with Crippen molar-refractivity contribution in [3.05, 3.63) is 35.6 Å². The number of carbonyl (C=O) groups excluding carboxylic acids is 3. The third kappa shape index (κ3) is 5.82. The zero-order valence-electron chi connectivity index (χ0n) is 15.7. The zero-order valence-corrected chi connectivity index (χ0v) is 15.7. The smallest absolute Gasteiger partial charge is 0.375 e. The number of hydrogen-bond acceptors (Lipinski definition) is 6. The lowest BCUT2D eigenvalue weighted by Gasteiger charge is -2.08. The first-order valence-electron chi connectivity index (χ1n) is 8.66. The van der Waals surface area contributed by atoms with Gasteiger partial charge in [-0.15, -0.1) is 0 Å². The molecule has 0 saturated carbocycles. The van der Waals surface area contributed by atoms with Gasteiger partial charge >= 0.3 is 12.0 Å². The molecule has 2 N–H and O–H groups in total. The fraction of sp³-hybridized carbons (Fsp3) is 0.421. The van der Waals surface area contributed by atoms with Crippen LogP contribution >= 0.6 is 0 Å². The van der Waals surface area contributed by atoms with Crippen LogP contribution in [0.25, 0.3) is 11.0 Å². The van der Waals surface area contributed by atoms with Crippen LogP contribution in [0.3, 0.4) is 0 Å². The Morgan fingerprint density at radius 1 is 1.19 bits per heavy atom. The number of benzene rings is 1. The number of methoxy groups -OCH3 is 1.